The van der Waals surface area contributed by atoms with Gasteiger partial charge >= 0.3 is 6.03 Å². The van der Waals surface area contributed by atoms with Crippen LogP contribution in [0.1, 0.15) is 12.5 Å². The lowest BCUT2D eigenvalue weighted by Gasteiger charge is -2.26. The molecule has 32 heavy (non-hydrogen) atoms. The van der Waals surface area contributed by atoms with Crippen molar-refractivity contribution in [1.82, 2.24) is 15.5 Å². The summed E-state index contributed by atoms with van der Waals surface area (Å²) in [5.41, 5.74) is -0.781. The lowest BCUT2D eigenvalue weighted by Crippen LogP contribution is -2.46. The highest BCUT2D eigenvalue weighted by Crippen LogP contribution is 2.37. The van der Waals surface area contributed by atoms with Gasteiger partial charge in [-0.2, -0.15) is 0 Å². The van der Waals surface area contributed by atoms with E-state index in [0.29, 0.717) is 28.6 Å². The van der Waals surface area contributed by atoms with Crippen molar-refractivity contribution in [1.29, 1.82) is 0 Å². The fourth-order valence-electron chi connectivity index (χ4n) is 3.83. The molecular formula is C22H21N3O7. The largest absolute Gasteiger partial charge is 0.486 e. The highest BCUT2D eigenvalue weighted by atomic mass is 16.7. The number of nitrogens with zero attached hydrogens (tertiary/aromatic N) is 1. The Morgan fingerprint density at radius 1 is 1.09 bits per heavy atom. The average molecular weight is 439 g/mol. The molecule has 3 aliphatic rings. The van der Waals surface area contributed by atoms with E-state index >= 15 is 0 Å². The van der Waals surface area contributed by atoms with Crippen molar-refractivity contribution in [3.8, 4) is 23.0 Å². The predicted octanol–water partition coefficient (Wildman–Crippen LogP) is 1.14. The minimum atomic E-state index is -1.32. The molecule has 10 nitrogen and oxygen atoms in total. The molecule has 4 amide bonds. The molecule has 2 aromatic rings. The smallest absolute Gasteiger partial charge is 0.325 e. The molecule has 1 fully saturated rings. The average Bonchev–Trinajstić information content (AvgIpc) is 3.36. The highest BCUT2D eigenvalue weighted by Gasteiger charge is 2.50. The van der Waals surface area contributed by atoms with Crippen LogP contribution in [-0.4, -0.2) is 55.3 Å². The van der Waals surface area contributed by atoms with Gasteiger partial charge in [-0.1, -0.05) is 18.2 Å². The van der Waals surface area contributed by atoms with E-state index in [4.69, 9.17) is 18.9 Å². The van der Waals surface area contributed by atoms with Crippen molar-refractivity contribution in [3.05, 3.63) is 48.0 Å². The summed E-state index contributed by atoms with van der Waals surface area (Å²) in [6.07, 6.45) is -0.379. The summed E-state index contributed by atoms with van der Waals surface area (Å²) >= 11 is 0. The SMILES string of the molecule is C[C@@]1(c2ccc3c(c2)OCO3)NC(=O)N(CC(=O)NC[C@@H]2COc3ccccc3O2)C1=O. The maximum atomic E-state index is 13.1. The molecule has 2 N–H and O–H groups in total. The zero-order valence-corrected chi connectivity index (χ0v) is 17.3. The second kappa shape index (κ2) is 7.63. The number of benzene rings is 2. The van der Waals surface area contributed by atoms with E-state index in [9.17, 15) is 14.4 Å². The summed E-state index contributed by atoms with van der Waals surface area (Å²) in [7, 11) is 0. The van der Waals surface area contributed by atoms with Crippen LogP contribution in [0, 0.1) is 0 Å². The van der Waals surface area contributed by atoms with Crippen LogP contribution in [0.15, 0.2) is 42.5 Å². The van der Waals surface area contributed by atoms with Gasteiger partial charge in [0.25, 0.3) is 5.91 Å². The van der Waals surface area contributed by atoms with Crippen LogP contribution >= 0.6 is 0 Å². The van der Waals surface area contributed by atoms with Crippen LogP contribution in [0.25, 0.3) is 0 Å². The third-order valence-electron chi connectivity index (χ3n) is 5.62. The third-order valence-corrected chi connectivity index (χ3v) is 5.62. The first-order chi connectivity index (χ1) is 15.4. The molecule has 10 heteroatoms. The Morgan fingerprint density at radius 3 is 2.69 bits per heavy atom. The van der Waals surface area contributed by atoms with E-state index in [1.165, 1.54) is 0 Å². The van der Waals surface area contributed by atoms with Gasteiger partial charge < -0.3 is 29.6 Å². The zero-order valence-electron chi connectivity index (χ0n) is 17.3. The van der Waals surface area contributed by atoms with Crippen molar-refractivity contribution >= 4 is 17.8 Å². The Balaban J connectivity index is 1.21. The number of urea groups is 1. The summed E-state index contributed by atoms with van der Waals surface area (Å²) in [6.45, 7) is 1.74. The number of imide groups is 1. The summed E-state index contributed by atoms with van der Waals surface area (Å²) in [5, 5.41) is 5.37. The van der Waals surface area contributed by atoms with E-state index in [2.05, 4.69) is 10.6 Å². The molecule has 1 saturated heterocycles. The summed E-state index contributed by atoms with van der Waals surface area (Å²) in [5.74, 6) is 1.32. The number of carbonyl (C=O) groups is 3. The van der Waals surface area contributed by atoms with Gasteiger partial charge in [0.15, 0.2) is 23.0 Å². The third kappa shape index (κ3) is 3.43. The molecule has 5 rings (SSSR count). The number of rotatable bonds is 5. The maximum absolute atomic E-state index is 13.1. The second-order valence-electron chi connectivity index (χ2n) is 7.82. The number of ether oxygens (including phenoxy) is 4. The Hall–Kier alpha value is -3.95. The first kappa shape index (κ1) is 20.0. The Bertz CT molecular complexity index is 1100. The summed E-state index contributed by atoms with van der Waals surface area (Å²) in [6, 6.07) is 11.7. The van der Waals surface area contributed by atoms with Crippen LogP contribution in [-0.2, 0) is 15.1 Å². The molecule has 0 radical (unpaired) electrons. The standard InChI is InChI=1S/C22H21N3O7/c1-22(13-6-7-16-18(8-13)31-12-30-16)20(27)25(21(28)24-22)10-19(26)23-9-14-11-29-15-4-2-3-5-17(15)32-14/h2-8,14H,9-12H2,1H3,(H,23,26)(H,24,28)/t14-,22+/m1/s1. The fourth-order valence-corrected chi connectivity index (χ4v) is 3.83. The molecule has 0 bridgehead atoms. The van der Waals surface area contributed by atoms with Gasteiger partial charge in [-0.15, -0.1) is 0 Å². The van der Waals surface area contributed by atoms with Gasteiger partial charge in [-0.25, -0.2) is 4.79 Å². The molecule has 166 valence electrons. The molecule has 2 aromatic carbocycles. The lowest BCUT2D eigenvalue weighted by atomic mass is 9.91. The van der Waals surface area contributed by atoms with Crippen molar-refractivity contribution < 1.29 is 33.3 Å². The number of amides is 4. The Kier molecular flexibility index (Phi) is 4.76. The predicted molar refractivity (Wildman–Crippen MR) is 110 cm³/mol. The number of fused-ring (bicyclic) bond motifs is 2. The topological polar surface area (TPSA) is 115 Å². The Labute approximate surface area is 183 Å². The van der Waals surface area contributed by atoms with Gasteiger partial charge in [-0.05, 0) is 36.8 Å². The molecule has 3 heterocycles. The van der Waals surface area contributed by atoms with E-state index in [0.717, 1.165) is 4.90 Å². The van der Waals surface area contributed by atoms with Crippen LogP contribution in [0.5, 0.6) is 23.0 Å². The number of nitrogens with one attached hydrogen (secondary N) is 2. The van der Waals surface area contributed by atoms with Crippen LogP contribution < -0.4 is 29.6 Å². The van der Waals surface area contributed by atoms with Crippen molar-refractivity contribution in [2.24, 2.45) is 0 Å². The summed E-state index contributed by atoms with van der Waals surface area (Å²) < 4.78 is 22.1. The quantitative estimate of drug-likeness (QED) is 0.672. The normalized spacial score (nSPS) is 23.2. The lowest BCUT2D eigenvalue weighted by molar-refractivity contribution is -0.134. The van der Waals surface area contributed by atoms with Crippen molar-refractivity contribution in [3.63, 3.8) is 0 Å². The van der Waals surface area contributed by atoms with E-state index in [1.54, 1.807) is 37.3 Å². The molecule has 3 aliphatic heterocycles. The molecule has 0 unspecified atom stereocenters. The first-order valence-corrected chi connectivity index (χ1v) is 10.1. The van der Waals surface area contributed by atoms with Crippen LogP contribution in [0.2, 0.25) is 0 Å². The van der Waals surface area contributed by atoms with Gasteiger partial charge in [-0.3, -0.25) is 14.5 Å². The monoisotopic (exact) mass is 439 g/mol. The highest BCUT2D eigenvalue weighted by molar-refractivity contribution is 6.09. The number of hydrogen-bond acceptors (Lipinski definition) is 7. The van der Waals surface area contributed by atoms with Crippen molar-refractivity contribution in [2.45, 2.75) is 18.6 Å². The van der Waals surface area contributed by atoms with Crippen LogP contribution in [0.3, 0.4) is 0 Å². The Morgan fingerprint density at radius 2 is 1.84 bits per heavy atom. The maximum Gasteiger partial charge on any atom is 0.325 e. The minimum absolute atomic E-state index is 0.101. The molecular weight excluding hydrogens is 418 g/mol. The van der Waals surface area contributed by atoms with E-state index in [1.807, 2.05) is 12.1 Å². The van der Waals surface area contributed by atoms with E-state index in [-0.39, 0.29) is 26.0 Å². The van der Waals surface area contributed by atoms with Gasteiger partial charge in [0.2, 0.25) is 12.7 Å². The molecule has 0 saturated carbocycles. The first-order valence-electron chi connectivity index (χ1n) is 10.1. The van der Waals surface area contributed by atoms with Crippen LogP contribution in [0.4, 0.5) is 4.79 Å². The molecule has 0 aliphatic carbocycles. The molecule has 0 spiro atoms. The number of carbonyl (C=O) groups excluding carboxylic acids is 3. The molecule has 2 atom stereocenters. The zero-order chi connectivity index (χ0) is 22.3. The molecule has 0 aromatic heterocycles. The van der Waals surface area contributed by atoms with Gasteiger partial charge in [0.05, 0.1) is 6.54 Å². The number of para-hydroxylation sites is 2. The fraction of sp³-hybridized carbons (Fsp3) is 0.318. The minimum Gasteiger partial charge on any atom is -0.486 e. The van der Waals surface area contributed by atoms with E-state index < -0.39 is 29.9 Å². The van der Waals surface area contributed by atoms with Gasteiger partial charge in [0.1, 0.15) is 24.8 Å². The number of hydrogen-bond donors (Lipinski definition) is 2. The van der Waals surface area contributed by atoms with Crippen molar-refractivity contribution in [2.75, 3.05) is 26.5 Å². The second-order valence-corrected chi connectivity index (χ2v) is 7.82. The summed E-state index contributed by atoms with van der Waals surface area (Å²) in [4.78, 5) is 38.9. The van der Waals surface area contributed by atoms with Gasteiger partial charge in [0, 0.05) is 0 Å².